The van der Waals surface area contributed by atoms with Crippen molar-refractivity contribution in [1.82, 2.24) is 15.0 Å². The van der Waals surface area contributed by atoms with Gasteiger partial charge in [0.1, 0.15) is 10.8 Å². The molecule has 2 N–H and O–H groups in total. The van der Waals surface area contributed by atoms with Crippen molar-refractivity contribution in [3.63, 3.8) is 0 Å². The molecule has 0 spiro atoms. The minimum atomic E-state index is 0. The summed E-state index contributed by atoms with van der Waals surface area (Å²) in [6.07, 6.45) is 3.63. The predicted octanol–water partition coefficient (Wildman–Crippen LogP) is 3.08. The molecule has 1 saturated heterocycles. The van der Waals surface area contributed by atoms with E-state index in [1.54, 1.807) is 12.3 Å². The van der Waals surface area contributed by atoms with Crippen molar-refractivity contribution >= 4 is 42.5 Å². The minimum absolute atomic E-state index is 0. The molecule has 2 aromatic rings. The van der Waals surface area contributed by atoms with E-state index < -0.39 is 0 Å². The molecule has 6 nitrogen and oxygen atoms in total. The second kappa shape index (κ2) is 10.0. The molecule has 25 heavy (non-hydrogen) atoms. The van der Waals surface area contributed by atoms with Crippen LogP contribution in [0, 0.1) is 6.92 Å². The first-order valence-electron chi connectivity index (χ1n) is 7.68. The van der Waals surface area contributed by atoms with Crippen LogP contribution < -0.4 is 5.73 Å². The average Bonchev–Trinajstić information content (AvgIpc) is 2.98. The molecule has 1 fully saturated rings. The molecule has 1 aliphatic heterocycles. The largest absolute Gasteiger partial charge is 0.361 e. The zero-order valence-electron chi connectivity index (χ0n) is 13.9. The Balaban J connectivity index is 0.00000156. The Hall–Kier alpha value is -1.28. The summed E-state index contributed by atoms with van der Waals surface area (Å²) in [5, 5.41) is 4.69. The second-order valence-corrected chi connectivity index (χ2v) is 6.69. The number of halogens is 2. The summed E-state index contributed by atoms with van der Waals surface area (Å²) in [5.74, 6) is 1.40. The monoisotopic (exact) mass is 404 g/mol. The molecule has 9 heteroatoms. The summed E-state index contributed by atoms with van der Waals surface area (Å²) in [4.78, 5) is 19.0. The van der Waals surface area contributed by atoms with E-state index in [1.165, 1.54) is 11.8 Å². The van der Waals surface area contributed by atoms with Gasteiger partial charge in [-0.1, -0.05) is 16.9 Å². The maximum absolute atomic E-state index is 12.8. The van der Waals surface area contributed by atoms with Gasteiger partial charge in [-0.3, -0.25) is 4.79 Å². The third-order valence-corrected chi connectivity index (χ3v) is 4.82. The first-order valence-corrected chi connectivity index (χ1v) is 8.67. The SMILES string of the molecule is Cc1cc(CSc2ncccc2C(=O)N2CCCC(N)C2)no1.Cl.Cl. The molecule has 1 atom stereocenters. The Morgan fingerprint density at radius 3 is 2.96 bits per heavy atom. The topological polar surface area (TPSA) is 85.2 Å². The zero-order chi connectivity index (χ0) is 16.2. The standard InChI is InChI=1S/C16H20N4O2S.2ClH/c1-11-8-13(19-22-11)10-23-15-14(5-2-6-18-15)16(21)20-7-3-4-12(17)9-20;;/h2,5-6,8,12H,3-4,7,9-10,17H2,1H3;2*1H. The van der Waals surface area contributed by atoms with E-state index in [-0.39, 0.29) is 36.8 Å². The van der Waals surface area contributed by atoms with Crippen molar-refractivity contribution in [2.24, 2.45) is 5.73 Å². The van der Waals surface area contributed by atoms with Crippen molar-refractivity contribution in [2.45, 2.75) is 36.6 Å². The molecular formula is C16H22Cl2N4O2S. The van der Waals surface area contributed by atoms with Crippen LogP contribution in [0.4, 0.5) is 0 Å². The third-order valence-electron chi connectivity index (χ3n) is 3.78. The normalized spacial score (nSPS) is 16.7. The number of likely N-dealkylation sites (tertiary alicyclic amines) is 1. The van der Waals surface area contributed by atoms with Crippen LogP contribution in [0.15, 0.2) is 33.9 Å². The van der Waals surface area contributed by atoms with Gasteiger partial charge in [-0.25, -0.2) is 4.98 Å². The highest BCUT2D eigenvalue weighted by atomic mass is 35.5. The van der Waals surface area contributed by atoms with Crippen molar-refractivity contribution in [3.05, 3.63) is 41.4 Å². The number of hydrogen-bond donors (Lipinski definition) is 1. The van der Waals surface area contributed by atoms with Crippen LogP contribution >= 0.6 is 36.6 Å². The van der Waals surface area contributed by atoms with Crippen molar-refractivity contribution < 1.29 is 9.32 Å². The van der Waals surface area contributed by atoms with Gasteiger partial charge in [-0.2, -0.15) is 0 Å². The number of rotatable bonds is 4. The molecule has 1 amide bonds. The van der Waals surface area contributed by atoms with Crippen molar-refractivity contribution in [2.75, 3.05) is 13.1 Å². The maximum Gasteiger partial charge on any atom is 0.256 e. The van der Waals surface area contributed by atoms with E-state index >= 15 is 0 Å². The van der Waals surface area contributed by atoms with Gasteiger partial charge in [0.25, 0.3) is 5.91 Å². The number of hydrogen-bond acceptors (Lipinski definition) is 6. The van der Waals surface area contributed by atoms with Gasteiger partial charge in [-0.15, -0.1) is 24.8 Å². The Morgan fingerprint density at radius 2 is 2.28 bits per heavy atom. The number of nitrogens with two attached hydrogens (primary N) is 1. The fraction of sp³-hybridized carbons (Fsp3) is 0.438. The Kier molecular flexibility index (Phi) is 8.71. The second-order valence-electron chi connectivity index (χ2n) is 5.73. The van der Waals surface area contributed by atoms with Crippen molar-refractivity contribution in [1.29, 1.82) is 0 Å². The number of aromatic nitrogens is 2. The molecule has 0 aromatic carbocycles. The van der Waals surface area contributed by atoms with E-state index in [9.17, 15) is 4.79 Å². The summed E-state index contributed by atoms with van der Waals surface area (Å²) in [6.45, 7) is 3.23. The molecule has 0 aliphatic carbocycles. The highest BCUT2D eigenvalue weighted by Crippen LogP contribution is 2.25. The van der Waals surface area contributed by atoms with Gasteiger partial charge in [-0.05, 0) is 31.9 Å². The van der Waals surface area contributed by atoms with Crippen LogP contribution in [0.1, 0.15) is 34.7 Å². The minimum Gasteiger partial charge on any atom is -0.361 e. The smallest absolute Gasteiger partial charge is 0.256 e. The van der Waals surface area contributed by atoms with Gasteiger partial charge < -0.3 is 15.2 Å². The number of aryl methyl sites for hydroxylation is 1. The lowest BCUT2D eigenvalue weighted by Gasteiger charge is -2.31. The van der Waals surface area contributed by atoms with Gasteiger partial charge in [0.05, 0.1) is 11.3 Å². The Bertz CT molecular complexity index is 698. The number of amides is 1. The zero-order valence-corrected chi connectivity index (χ0v) is 16.3. The highest BCUT2D eigenvalue weighted by Gasteiger charge is 2.24. The first-order chi connectivity index (χ1) is 11.1. The fourth-order valence-corrected chi connectivity index (χ4v) is 3.53. The van der Waals surface area contributed by atoms with Gasteiger partial charge in [0.15, 0.2) is 0 Å². The maximum atomic E-state index is 12.8. The van der Waals surface area contributed by atoms with Crippen LogP contribution in [0.2, 0.25) is 0 Å². The van der Waals surface area contributed by atoms with Crippen LogP contribution in [0.3, 0.4) is 0 Å². The van der Waals surface area contributed by atoms with E-state index in [1.807, 2.05) is 24.0 Å². The van der Waals surface area contributed by atoms with Gasteiger partial charge >= 0.3 is 0 Å². The summed E-state index contributed by atoms with van der Waals surface area (Å²) in [6, 6.07) is 5.58. The number of piperidine rings is 1. The van der Waals surface area contributed by atoms with Gasteiger partial charge in [0, 0.05) is 37.1 Å². The molecule has 3 rings (SSSR count). The third kappa shape index (κ3) is 5.60. The summed E-state index contributed by atoms with van der Waals surface area (Å²) in [5.41, 5.74) is 7.46. The van der Waals surface area contributed by atoms with Gasteiger partial charge in [0.2, 0.25) is 0 Å². The quantitative estimate of drug-likeness (QED) is 0.787. The average molecular weight is 405 g/mol. The molecule has 0 radical (unpaired) electrons. The lowest BCUT2D eigenvalue weighted by molar-refractivity contribution is 0.0704. The molecule has 1 aliphatic rings. The van der Waals surface area contributed by atoms with Crippen LogP contribution in [0.25, 0.3) is 0 Å². The van der Waals surface area contributed by atoms with Crippen molar-refractivity contribution in [3.8, 4) is 0 Å². The summed E-state index contributed by atoms with van der Waals surface area (Å²) in [7, 11) is 0. The Labute approximate surface area is 163 Å². The highest BCUT2D eigenvalue weighted by molar-refractivity contribution is 7.98. The number of carbonyl (C=O) groups is 1. The van der Waals surface area contributed by atoms with E-state index in [0.29, 0.717) is 17.9 Å². The summed E-state index contributed by atoms with van der Waals surface area (Å²) >= 11 is 1.49. The fourth-order valence-electron chi connectivity index (χ4n) is 2.66. The molecule has 2 aromatic heterocycles. The Morgan fingerprint density at radius 1 is 1.48 bits per heavy atom. The van der Waals surface area contributed by atoms with Crippen LogP contribution in [-0.4, -0.2) is 40.1 Å². The molecule has 0 saturated carbocycles. The van der Waals surface area contributed by atoms with E-state index in [4.69, 9.17) is 10.3 Å². The number of nitrogens with zero attached hydrogens (tertiary/aromatic N) is 3. The number of thioether (sulfide) groups is 1. The van der Waals surface area contributed by atoms with E-state index in [2.05, 4.69) is 10.1 Å². The summed E-state index contributed by atoms with van der Waals surface area (Å²) < 4.78 is 5.06. The first kappa shape index (κ1) is 21.8. The van der Waals surface area contributed by atoms with Crippen LogP contribution in [-0.2, 0) is 5.75 Å². The molecule has 0 bridgehead atoms. The molecular weight excluding hydrogens is 383 g/mol. The lowest BCUT2D eigenvalue weighted by atomic mass is 10.1. The molecule has 1 unspecified atom stereocenters. The lowest BCUT2D eigenvalue weighted by Crippen LogP contribution is -2.45. The number of pyridine rings is 1. The molecule has 138 valence electrons. The molecule has 3 heterocycles. The number of carbonyl (C=O) groups excluding carboxylic acids is 1. The van der Waals surface area contributed by atoms with E-state index in [0.717, 1.165) is 35.9 Å². The van der Waals surface area contributed by atoms with Crippen LogP contribution in [0.5, 0.6) is 0 Å². The predicted molar refractivity (Wildman–Crippen MR) is 103 cm³/mol.